The molecule has 0 aliphatic heterocycles. The van der Waals surface area contributed by atoms with Crippen LogP contribution in [0.4, 0.5) is 5.69 Å². The number of phenols is 1. The molecule has 0 bridgehead atoms. The summed E-state index contributed by atoms with van der Waals surface area (Å²) in [6.45, 7) is 0. The van der Waals surface area contributed by atoms with Gasteiger partial charge in [0, 0.05) is 17.3 Å². The number of benzene rings is 3. The Bertz CT molecular complexity index is 1060. The van der Waals surface area contributed by atoms with Gasteiger partial charge in [-0.2, -0.15) is 0 Å². The number of carbonyl (C=O) groups excluding carboxylic acids is 1. The van der Waals surface area contributed by atoms with Gasteiger partial charge in [-0.1, -0.05) is 23.7 Å². The fourth-order valence-electron chi connectivity index (χ4n) is 2.45. The molecule has 0 atom stereocenters. The first-order valence-corrected chi connectivity index (χ1v) is 9.08. The first-order chi connectivity index (χ1) is 14.0. The minimum atomic E-state index is -0.534. The molecule has 3 rings (SSSR count). The predicted octanol–water partition coefficient (Wildman–Crippen LogP) is 5.42. The van der Waals surface area contributed by atoms with E-state index in [4.69, 9.17) is 21.1 Å². The van der Waals surface area contributed by atoms with E-state index < -0.39 is 5.97 Å². The van der Waals surface area contributed by atoms with Gasteiger partial charge in [0.25, 0.3) is 0 Å². The molecule has 6 heteroatoms. The van der Waals surface area contributed by atoms with Gasteiger partial charge in [0.2, 0.25) is 0 Å². The van der Waals surface area contributed by atoms with Gasteiger partial charge < -0.3 is 14.6 Å². The minimum absolute atomic E-state index is 0.182. The van der Waals surface area contributed by atoms with Crippen LogP contribution in [0.3, 0.4) is 0 Å². The number of ether oxygens (including phenoxy) is 2. The van der Waals surface area contributed by atoms with Crippen LogP contribution in [-0.4, -0.2) is 24.4 Å². The van der Waals surface area contributed by atoms with Crippen molar-refractivity contribution in [3.63, 3.8) is 0 Å². The first-order valence-electron chi connectivity index (χ1n) is 8.70. The number of hydrogen-bond acceptors (Lipinski definition) is 5. The number of nitrogens with zero attached hydrogens (tertiary/aromatic N) is 1. The summed E-state index contributed by atoms with van der Waals surface area (Å²) in [4.78, 5) is 16.5. The van der Waals surface area contributed by atoms with Gasteiger partial charge >= 0.3 is 5.97 Å². The average molecular weight is 408 g/mol. The third-order valence-corrected chi connectivity index (χ3v) is 4.11. The molecule has 0 saturated carbocycles. The van der Waals surface area contributed by atoms with E-state index >= 15 is 0 Å². The zero-order valence-electron chi connectivity index (χ0n) is 15.6. The topological polar surface area (TPSA) is 68.1 Å². The van der Waals surface area contributed by atoms with E-state index in [1.165, 1.54) is 13.2 Å². The maximum Gasteiger partial charge on any atom is 0.336 e. The Morgan fingerprint density at radius 1 is 1.00 bits per heavy atom. The summed E-state index contributed by atoms with van der Waals surface area (Å²) in [5, 5.41) is 9.90. The molecule has 0 unspecified atom stereocenters. The van der Waals surface area contributed by atoms with Gasteiger partial charge in [-0.05, 0) is 71.8 Å². The summed E-state index contributed by atoms with van der Waals surface area (Å²) in [6.07, 6.45) is 4.60. The molecule has 0 saturated heterocycles. The first kappa shape index (κ1) is 20.2. The van der Waals surface area contributed by atoms with Crippen molar-refractivity contribution in [3.8, 4) is 17.2 Å². The van der Waals surface area contributed by atoms with Gasteiger partial charge in [-0.25, -0.2) is 4.79 Å². The van der Waals surface area contributed by atoms with Gasteiger partial charge in [0.05, 0.1) is 12.8 Å². The molecule has 0 aliphatic rings. The molecule has 0 amide bonds. The van der Waals surface area contributed by atoms with Crippen LogP contribution >= 0.6 is 11.6 Å². The van der Waals surface area contributed by atoms with Gasteiger partial charge in [-0.15, -0.1) is 0 Å². The number of methoxy groups -OCH3 is 1. The molecule has 0 fully saturated rings. The Hall–Kier alpha value is -3.57. The van der Waals surface area contributed by atoms with E-state index in [1.54, 1.807) is 73.0 Å². The van der Waals surface area contributed by atoms with Crippen LogP contribution < -0.4 is 9.47 Å². The van der Waals surface area contributed by atoms with Crippen LogP contribution in [-0.2, 0) is 4.79 Å². The van der Waals surface area contributed by atoms with E-state index in [2.05, 4.69) is 4.99 Å². The summed E-state index contributed by atoms with van der Waals surface area (Å²) >= 11 is 5.93. The molecule has 29 heavy (non-hydrogen) atoms. The highest BCUT2D eigenvalue weighted by atomic mass is 35.5. The van der Waals surface area contributed by atoms with Crippen molar-refractivity contribution < 1.29 is 19.4 Å². The summed E-state index contributed by atoms with van der Waals surface area (Å²) in [7, 11) is 1.50. The largest absolute Gasteiger partial charge is 0.508 e. The Balaban J connectivity index is 1.69. The lowest BCUT2D eigenvalue weighted by Gasteiger charge is -2.08. The van der Waals surface area contributed by atoms with E-state index in [0.717, 1.165) is 11.1 Å². The molecule has 0 aromatic heterocycles. The lowest BCUT2D eigenvalue weighted by molar-refractivity contribution is -0.129. The van der Waals surface area contributed by atoms with Crippen molar-refractivity contribution >= 4 is 35.5 Å². The average Bonchev–Trinajstić information content (AvgIpc) is 2.72. The number of hydrogen-bond donors (Lipinski definition) is 1. The second-order valence-electron chi connectivity index (χ2n) is 5.99. The van der Waals surface area contributed by atoms with Gasteiger partial charge in [0.15, 0.2) is 11.5 Å². The third kappa shape index (κ3) is 5.96. The number of rotatable bonds is 6. The smallest absolute Gasteiger partial charge is 0.336 e. The van der Waals surface area contributed by atoms with Crippen LogP contribution in [0.2, 0.25) is 5.02 Å². The fourth-order valence-corrected chi connectivity index (χ4v) is 2.65. The Kier molecular flexibility index (Phi) is 6.66. The molecule has 146 valence electrons. The van der Waals surface area contributed by atoms with Gasteiger partial charge in [0.1, 0.15) is 5.75 Å². The summed E-state index contributed by atoms with van der Waals surface area (Å²) in [6, 6.07) is 18.8. The van der Waals surface area contributed by atoms with Crippen LogP contribution in [0, 0.1) is 0 Å². The summed E-state index contributed by atoms with van der Waals surface area (Å²) in [5.74, 6) is 0.356. The van der Waals surface area contributed by atoms with Crippen LogP contribution in [0.1, 0.15) is 11.1 Å². The van der Waals surface area contributed by atoms with E-state index in [1.807, 2.05) is 6.07 Å². The Labute approximate surface area is 173 Å². The number of aliphatic imine (C=N–C) groups is 1. The number of esters is 1. The summed E-state index contributed by atoms with van der Waals surface area (Å²) < 4.78 is 10.7. The second-order valence-corrected chi connectivity index (χ2v) is 6.43. The number of halogens is 1. The molecule has 1 N–H and O–H groups in total. The van der Waals surface area contributed by atoms with E-state index in [-0.39, 0.29) is 5.75 Å². The quantitative estimate of drug-likeness (QED) is 0.256. The molecule has 5 nitrogen and oxygen atoms in total. The molecule has 0 aliphatic carbocycles. The normalized spacial score (nSPS) is 11.1. The molecular weight excluding hydrogens is 390 g/mol. The van der Waals surface area contributed by atoms with Crippen LogP contribution in [0.15, 0.2) is 77.8 Å². The lowest BCUT2D eigenvalue weighted by atomic mass is 10.2. The standard InChI is InChI=1S/C23H18ClNO4/c1-28-22-14-17(15-25-19-7-9-20(26)10-8-19)5-11-21(22)29-23(27)12-6-16-3-2-4-18(24)13-16/h2-15,26H,1H3/b12-6+,25-15?. The molecule has 3 aromatic carbocycles. The predicted molar refractivity (Wildman–Crippen MR) is 114 cm³/mol. The lowest BCUT2D eigenvalue weighted by Crippen LogP contribution is -2.05. The SMILES string of the molecule is COc1cc(C=Nc2ccc(O)cc2)ccc1OC(=O)/C=C/c1cccc(Cl)c1. The van der Waals surface area contributed by atoms with Crippen LogP contribution in [0.5, 0.6) is 17.2 Å². The second kappa shape index (κ2) is 9.57. The molecule has 0 heterocycles. The number of aromatic hydroxyl groups is 1. The zero-order valence-corrected chi connectivity index (χ0v) is 16.3. The van der Waals surface area contributed by atoms with E-state index in [0.29, 0.717) is 22.2 Å². The number of phenolic OH excluding ortho intramolecular Hbond substituents is 1. The minimum Gasteiger partial charge on any atom is -0.508 e. The highest BCUT2D eigenvalue weighted by molar-refractivity contribution is 6.30. The van der Waals surface area contributed by atoms with Crippen molar-refractivity contribution in [2.45, 2.75) is 0 Å². The van der Waals surface area contributed by atoms with Crippen molar-refractivity contribution in [2.75, 3.05) is 7.11 Å². The van der Waals surface area contributed by atoms with Crippen molar-refractivity contribution in [1.82, 2.24) is 0 Å². The van der Waals surface area contributed by atoms with Crippen molar-refractivity contribution in [2.24, 2.45) is 4.99 Å². The van der Waals surface area contributed by atoms with Crippen LogP contribution in [0.25, 0.3) is 6.08 Å². The maximum absolute atomic E-state index is 12.1. The number of carbonyl (C=O) groups is 1. The zero-order chi connectivity index (χ0) is 20.6. The Morgan fingerprint density at radius 3 is 2.52 bits per heavy atom. The molecule has 0 spiro atoms. The molecule has 3 aromatic rings. The summed E-state index contributed by atoms with van der Waals surface area (Å²) in [5.41, 5.74) is 2.26. The molecular formula is C23H18ClNO4. The molecule has 0 radical (unpaired) electrons. The highest BCUT2D eigenvalue weighted by Crippen LogP contribution is 2.28. The maximum atomic E-state index is 12.1. The third-order valence-electron chi connectivity index (χ3n) is 3.87. The highest BCUT2D eigenvalue weighted by Gasteiger charge is 2.08. The fraction of sp³-hybridized carbons (Fsp3) is 0.0435. The Morgan fingerprint density at radius 2 is 1.79 bits per heavy atom. The monoisotopic (exact) mass is 407 g/mol. The van der Waals surface area contributed by atoms with Crippen molar-refractivity contribution in [1.29, 1.82) is 0 Å². The van der Waals surface area contributed by atoms with Gasteiger partial charge in [-0.3, -0.25) is 4.99 Å². The van der Waals surface area contributed by atoms with E-state index in [9.17, 15) is 9.90 Å². The van der Waals surface area contributed by atoms with Crippen molar-refractivity contribution in [3.05, 3.63) is 89.0 Å².